The average Bonchev–Trinajstić information content (AvgIpc) is 2.78. The van der Waals surface area contributed by atoms with Crippen LogP contribution in [0.1, 0.15) is 102 Å². The summed E-state index contributed by atoms with van der Waals surface area (Å²) in [4.78, 5) is 0. The largest absolute Gasteiger partial charge is 0.0917 e. The third-order valence-electron chi connectivity index (χ3n) is 8.17. The van der Waals surface area contributed by atoms with Crippen LogP contribution in [0.3, 0.4) is 0 Å². The summed E-state index contributed by atoms with van der Waals surface area (Å²) in [6.45, 7) is 4.43. The van der Waals surface area contributed by atoms with E-state index in [1.807, 2.05) is 0 Å². The van der Waals surface area contributed by atoms with Gasteiger partial charge in [-0.15, -0.1) is 0 Å². The maximum Gasteiger partial charge on any atom is -0.0159 e. The van der Waals surface area contributed by atoms with Gasteiger partial charge in [0.25, 0.3) is 0 Å². The zero-order valence-corrected chi connectivity index (χ0v) is 19.4. The molecule has 2 aromatic rings. The molecule has 30 heavy (non-hydrogen) atoms. The molecule has 0 heteroatoms. The van der Waals surface area contributed by atoms with Crippen LogP contribution in [0.4, 0.5) is 0 Å². The van der Waals surface area contributed by atoms with Crippen molar-refractivity contribution >= 4 is 10.8 Å². The summed E-state index contributed by atoms with van der Waals surface area (Å²) in [5.41, 5.74) is 3.07. The van der Waals surface area contributed by atoms with Gasteiger partial charge in [-0.3, -0.25) is 0 Å². The third kappa shape index (κ3) is 5.37. The van der Waals surface area contributed by atoms with Gasteiger partial charge >= 0.3 is 0 Å². The van der Waals surface area contributed by atoms with E-state index in [0.717, 1.165) is 36.5 Å². The maximum absolute atomic E-state index is 2.51. The lowest BCUT2D eigenvalue weighted by atomic mass is 9.63. The van der Waals surface area contributed by atoms with Crippen molar-refractivity contribution in [2.45, 2.75) is 96.8 Å². The first kappa shape index (κ1) is 21.7. The van der Waals surface area contributed by atoms with Crippen molar-refractivity contribution in [2.75, 3.05) is 0 Å². The van der Waals surface area contributed by atoms with Crippen LogP contribution in [0.2, 0.25) is 0 Å². The molecule has 2 fully saturated rings. The molecule has 4 rings (SSSR count). The van der Waals surface area contributed by atoms with Crippen molar-refractivity contribution in [1.29, 1.82) is 0 Å². The lowest BCUT2D eigenvalue weighted by Gasteiger charge is -2.42. The van der Waals surface area contributed by atoms with Crippen LogP contribution >= 0.6 is 0 Å². The summed E-state index contributed by atoms with van der Waals surface area (Å²) in [5.74, 6) is 3.86. The van der Waals surface area contributed by atoms with Crippen LogP contribution in [0.25, 0.3) is 10.8 Å². The third-order valence-corrected chi connectivity index (χ3v) is 8.17. The smallest absolute Gasteiger partial charge is 0.0159 e. The Bertz CT molecular complexity index is 829. The number of rotatable bonds is 8. The maximum atomic E-state index is 2.51. The van der Waals surface area contributed by atoms with Gasteiger partial charge in [-0.2, -0.15) is 0 Å². The normalized spacial score (nSPS) is 26.9. The van der Waals surface area contributed by atoms with E-state index in [-0.39, 0.29) is 0 Å². The summed E-state index contributed by atoms with van der Waals surface area (Å²) < 4.78 is 0. The Balaban J connectivity index is 1.36. The molecular weight excluding hydrogens is 360 g/mol. The molecule has 0 bridgehead atoms. The van der Waals surface area contributed by atoms with Crippen LogP contribution in [0.5, 0.6) is 0 Å². The van der Waals surface area contributed by atoms with Crippen LogP contribution in [-0.2, 0) is 6.42 Å². The number of hydrogen-bond donors (Lipinski definition) is 0. The summed E-state index contributed by atoms with van der Waals surface area (Å²) in [7, 11) is 0. The molecule has 4 unspecified atom stereocenters. The van der Waals surface area contributed by atoms with E-state index < -0.39 is 0 Å². The number of aryl methyl sites for hydroxylation is 1. The molecule has 2 aliphatic carbocycles. The highest BCUT2D eigenvalue weighted by molar-refractivity contribution is 5.84. The van der Waals surface area contributed by atoms with E-state index >= 15 is 0 Å². The molecule has 2 aromatic carbocycles. The molecule has 0 N–H and O–H groups in total. The summed E-state index contributed by atoms with van der Waals surface area (Å²) in [5, 5.41) is 2.85. The standard InChI is InChI=1S/C30H42/c1-3-5-7-9-23-11-13-27-21-29(17-15-25(27)19-23)30-18-16-26-20-24(10-8-6-4-2)12-14-28(26)22-30/h3,5,11,13,15,17,19,21,24,26,28,30H,4,6-10,12,14,16,18,20,22H2,1-2H3. The highest BCUT2D eigenvalue weighted by atomic mass is 14.4. The van der Waals surface area contributed by atoms with E-state index in [9.17, 15) is 0 Å². The summed E-state index contributed by atoms with van der Waals surface area (Å²) in [6.07, 6.45) is 21.4. The zero-order valence-electron chi connectivity index (χ0n) is 19.4. The van der Waals surface area contributed by atoms with Gasteiger partial charge in [0.15, 0.2) is 0 Å². The first-order valence-electron chi connectivity index (χ1n) is 12.9. The van der Waals surface area contributed by atoms with Crippen molar-refractivity contribution < 1.29 is 0 Å². The van der Waals surface area contributed by atoms with Crippen molar-refractivity contribution in [3.63, 3.8) is 0 Å². The Morgan fingerprint density at radius 3 is 2.53 bits per heavy atom. The number of benzene rings is 2. The predicted octanol–water partition coefficient (Wildman–Crippen LogP) is 9.23. The van der Waals surface area contributed by atoms with Crippen LogP contribution in [0, 0.1) is 17.8 Å². The average molecular weight is 403 g/mol. The van der Waals surface area contributed by atoms with Gasteiger partial charge in [0.1, 0.15) is 0 Å². The van der Waals surface area contributed by atoms with Gasteiger partial charge in [-0.25, -0.2) is 0 Å². The lowest BCUT2D eigenvalue weighted by Crippen LogP contribution is -2.30. The molecule has 0 saturated heterocycles. The van der Waals surface area contributed by atoms with Crippen molar-refractivity contribution in [3.8, 4) is 0 Å². The van der Waals surface area contributed by atoms with Gasteiger partial charge in [0, 0.05) is 0 Å². The molecule has 2 saturated carbocycles. The monoisotopic (exact) mass is 402 g/mol. The molecule has 0 aliphatic heterocycles. The molecule has 0 radical (unpaired) electrons. The molecule has 162 valence electrons. The number of allylic oxidation sites excluding steroid dienone is 2. The molecular formula is C30H42. The van der Waals surface area contributed by atoms with Crippen molar-refractivity contribution in [3.05, 3.63) is 59.7 Å². The first-order chi connectivity index (χ1) is 14.8. The number of unbranched alkanes of at least 4 members (excludes halogenated alkanes) is 2. The van der Waals surface area contributed by atoms with E-state index in [1.165, 1.54) is 80.5 Å². The molecule has 0 heterocycles. The predicted molar refractivity (Wildman–Crippen MR) is 132 cm³/mol. The lowest BCUT2D eigenvalue weighted by molar-refractivity contribution is 0.113. The first-order valence-corrected chi connectivity index (χ1v) is 12.9. The fourth-order valence-corrected chi connectivity index (χ4v) is 6.37. The molecule has 0 aromatic heterocycles. The van der Waals surface area contributed by atoms with Crippen molar-refractivity contribution in [1.82, 2.24) is 0 Å². The van der Waals surface area contributed by atoms with E-state index in [0.29, 0.717) is 0 Å². The highest BCUT2D eigenvalue weighted by Crippen LogP contribution is 2.48. The quantitative estimate of drug-likeness (QED) is 0.305. The minimum absolute atomic E-state index is 0.793. The van der Waals surface area contributed by atoms with Gasteiger partial charge in [-0.1, -0.05) is 87.6 Å². The second-order valence-corrected chi connectivity index (χ2v) is 10.3. The second-order valence-electron chi connectivity index (χ2n) is 10.3. The Morgan fingerprint density at radius 2 is 1.67 bits per heavy atom. The number of fused-ring (bicyclic) bond motifs is 2. The van der Waals surface area contributed by atoms with Crippen LogP contribution in [0.15, 0.2) is 48.6 Å². The van der Waals surface area contributed by atoms with Crippen molar-refractivity contribution in [2.24, 2.45) is 17.8 Å². The fourth-order valence-electron chi connectivity index (χ4n) is 6.37. The number of hydrogen-bond acceptors (Lipinski definition) is 0. The minimum atomic E-state index is 0.793. The van der Waals surface area contributed by atoms with E-state index in [4.69, 9.17) is 0 Å². The molecule has 2 aliphatic rings. The molecule has 4 atom stereocenters. The molecule has 0 amide bonds. The highest BCUT2D eigenvalue weighted by Gasteiger charge is 2.35. The zero-order chi connectivity index (χ0) is 20.8. The van der Waals surface area contributed by atoms with Gasteiger partial charge < -0.3 is 0 Å². The van der Waals surface area contributed by atoms with E-state index in [2.05, 4.69) is 62.4 Å². The fraction of sp³-hybridized carbons (Fsp3) is 0.600. The van der Waals surface area contributed by atoms with Gasteiger partial charge in [-0.05, 0) is 97.4 Å². The minimum Gasteiger partial charge on any atom is -0.0917 e. The Hall–Kier alpha value is -1.56. The van der Waals surface area contributed by atoms with Gasteiger partial charge in [0.05, 0.1) is 0 Å². The Kier molecular flexibility index (Phi) is 7.69. The Morgan fingerprint density at radius 1 is 0.867 bits per heavy atom. The summed E-state index contributed by atoms with van der Waals surface area (Å²) >= 11 is 0. The Labute approximate surface area is 185 Å². The topological polar surface area (TPSA) is 0 Å². The van der Waals surface area contributed by atoms with Crippen LogP contribution in [-0.4, -0.2) is 0 Å². The van der Waals surface area contributed by atoms with Crippen LogP contribution < -0.4 is 0 Å². The summed E-state index contributed by atoms with van der Waals surface area (Å²) in [6, 6.07) is 14.4. The molecule has 0 nitrogen and oxygen atoms in total. The molecule has 0 spiro atoms. The second kappa shape index (κ2) is 10.7. The van der Waals surface area contributed by atoms with E-state index in [1.54, 1.807) is 5.56 Å². The van der Waals surface area contributed by atoms with Gasteiger partial charge in [0.2, 0.25) is 0 Å². The SMILES string of the molecule is CC=CCCc1ccc2cc(C3CCC4CC(CCCCC)CCC4C3)ccc2c1.